The van der Waals surface area contributed by atoms with Crippen LogP contribution in [0.5, 0.6) is 0 Å². The molecule has 10 aromatic rings. The van der Waals surface area contributed by atoms with E-state index in [-0.39, 0.29) is 0 Å². The van der Waals surface area contributed by atoms with Gasteiger partial charge in [0.05, 0.1) is 0 Å². The molecule has 0 aromatic heterocycles. The smallest absolute Gasteiger partial charge is 0.0468 e. The molecule has 0 bridgehead atoms. The van der Waals surface area contributed by atoms with Gasteiger partial charge in [-0.25, -0.2) is 0 Å². The summed E-state index contributed by atoms with van der Waals surface area (Å²) in [6.45, 7) is 0. The van der Waals surface area contributed by atoms with E-state index in [9.17, 15) is 0 Å². The second-order valence-electron chi connectivity index (χ2n) is 13.7. The van der Waals surface area contributed by atoms with Gasteiger partial charge in [0.2, 0.25) is 0 Å². The third-order valence-electron chi connectivity index (χ3n) is 10.6. The number of rotatable bonds is 6. The van der Waals surface area contributed by atoms with Gasteiger partial charge >= 0.3 is 0 Å². The lowest BCUT2D eigenvalue weighted by Gasteiger charge is -2.25. The quantitative estimate of drug-likeness (QED) is 0.159. The van der Waals surface area contributed by atoms with Crippen LogP contribution in [0.3, 0.4) is 0 Å². The molecule has 0 aliphatic heterocycles. The summed E-state index contributed by atoms with van der Waals surface area (Å²) >= 11 is 0. The Morgan fingerprint density at radius 1 is 0.226 bits per heavy atom. The molecule has 248 valence electrons. The maximum atomic E-state index is 2.42. The summed E-state index contributed by atoms with van der Waals surface area (Å²) < 4.78 is 0. The van der Waals surface area contributed by atoms with Crippen molar-refractivity contribution in [3.63, 3.8) is 0 Å². The van der Waals surface area contributed by atoms with E-state index in [2.05, 4.69) is 217 Å². The van der Waals surface area contributed by atoms with Gasteiger partial charge in [0, 0.05) is 17.1 Å². The molecule has 0 unspecified atom stereocenters. The summed E-state index contributed by atoms with van der Waals surface area (Å²) in [6.07, 6.45) is 0. The molecular formula is C52H35N. The van der Waals surface area contributed by atoms with E-state index in [1.807, 2.05) is 0 Å². The minimum absolute atomic E-state index is 1.13. The van der Waals surface area contributed by atoms with Crippen LogP contribution in [0.15, 0.2) is 212 Å². The Hall–Kier alpha value is -6.96. The third-order valence-corrected chi connectivity index (χ3v) is 10.6. The zero-order valence-corrected chi connectivity index (χ0v) is 29.2. The van der Waals surface area contributed by atoms with Crippen molar-refractivity contribution in [3.05, 3.63) is 212 Å². The fraction of sp³-hybridized carbons (Fsp3) is 0. The maximum absolute atomic E-state index is 2.42. The lowest BCUT2D eigenvalue weighted by molar-refractivity contribution is 1.29. The molecule has 10 rings (SSSR count). The Morgan fingerprint density at radius 2 is 0.679 bits per heavy atom. The Bertz CT molecular complexity index is 2890. The highest BCUT2D eigenvalue weighted by Crippen LogP contribution is 2.43. The predicted octanol–water partition coefficient (Wildman–Crippen LogP) is 14.8. The zero-order valence-electron chi connectivity index (χ0n) is 29.2. The van der Waals surface area contributed by atoms with Crippen LogP contribution in [0.25, 0.3) is 76.5 Å². The Kier molecular flexibility index (Phi) is 7.55. The van der Waals surface area contributed by atoms with Crippen molar-refractivity contribution in [1.82, 2.24) is 0 Å². The van der Waals surface area contributed by atoms with E-state index in [4.69, 9.17) is 0 Å². The average molecular weight is 674 g/mol. The predicted molar refractivity (Wildman–Crippen MR) is 227 cm³/mol. The Labute approximate surface area is 309 Å². The van der Waals surface area contributed by atoms with Gasteiger partial charge in [0.1, 0.15) is 0 Å². The van der Waals surface area contributed by atoms with Gasteiger partial charge in [-0.3, -0.25) is 0 Å². The number of fused-ring (bicyclic) bond motifs is 6. The number of benzene rings is 10. The van der Waals surface area contributed by atoms with Gasteiger partial charge in [-0.15, -0.1) is 0 Å². The van der Waals surface area contributed by atoms with Gasteiger partial charge in [0.25, 0.3) is 0 Å². The minimum atomic E-state index is 1.13. The molecule has 0 fully saturated rings. The Balaban J connectivity index is 1.13. The van der Waals surface area contributed by atoms with Gasteiger partial charge in [0.15, 0.2) is 0 Å². The molecule has 0 spiro atoms. The highest BCUT2D eigenvalue weighted by Gasteiger charge is 2.16. The Morgan fingerprint density at radius 3 is 1.28 bits per heavy atom. The lowest BCUT2D eigenvalue weighted by atomic mass is 9.87. The first-order chi connectivity index (χ1) is 26.3. The molecule has 10 aromatic carbocycles. The van der Waals surface area contributed by atoms with Crippen LogP contribution < -0.4 is 4.90 Å². The standard InChI is InChI=1S/C52H35N/c1-4-15-36(16-5-1)37-17-14-18-40(31-37)49-34-51-48-26-13-11-24-46(48)50(35-52(51)47-25-12-10-23-45(47)49)41-28-27-39-33-44(30-29-38(39)32-41)53(42-19-6-2-7-20-42)43-21-8-3-9-22-43/h1-35H. The van der Waals surface area contributed by atoms with Crippen molar-refractivity contribution >= 4 is 60.2 Å². The largest absolute Gasteiger partial charge is 0.310 e. The topological polar surface area (TPSA) is 3.24 Å². The zero-order chi connectivity index (χ0) is 35.1. The summed E-state index contributed by atoms with van der Waals surface area (Å²) in [5.41, 5.74) is 10.8. The van der Waals surface area contributed by atoms with Crippen LogP contribution in [-0.2, 0) is 0 Å². The molecule has 0 N–H and O–H groups in total. The summed E-state index contributed by atoms with van der Waals surface area (Å²) in [5, 5.41) is 10.0. The van der Waals surface area contributed by atoms with Gasteiger partial charge in [-0.1, -0.05) is 152 Å². The van der Waals surface area contributed by atoms with Gasteiger partial charge in [-0.2, -0.15) is 0 Å². The number of para-hydroxylation sites is 2. The van der Waals surface area contributed by atoms with Crippen molar-refractivity contribution in [1.29, 1.82) is 0 Å². The maximum Gasteiger partial charge on any atom is 0.0468 e. The molecule has 0 saturated carbocycles. The van der Waals surface area contributed by atoms with Crippen molar-refractivity contribution < 1.29 is 0 Å². The summed E-state index contributed by atoms with van der Waals surface area (Å²) in [6, 6.07) is 77.2. The van der Waals surface area contributed by atoms with E-state index in [0.29, 0.717) is 0 Å². The van der Waals surface area contributed by atoms with Crippen LogP contribution in [0, 0.1) is 0 Å². The van der Waals surface area contributed by atoms with Crippen molar-refractivity contribution in [2.75, 3.05) is 4.90 Å². The number of nitrogens with zero attached hydrogens (tertiary/aromatic N) is 1. The third kappa shape index (κ3) is 5.51. The highest BCUT2D eigenvalue weighted by molar-refractivity contribution is 6.24. The fourth-order valence-electron chi connectivity index (χ4n) is 8.07. The molecule has 0 aliphatic carbocycles. The molecule has 0 atom stereocenters. The minimum Gasteiger partial charge on any atom is -0.310 e. The normalized spacial score (nSPS) is 11.4. The van der Waals surface area contributed by atoms with Crippen LogP contribution in [0.1, 0.15) is 0 Å². The van der Waals surface area contributed by atoms with E-state index in [0.717, 1.165) is 17.1 Å². The lowest BCUT2D eigenvalue weighted by Crippen LogP contribution is -2.09. The first-order valence-corrected chi connectivity index (χ1v) is 18.3. The summed E-state index contributed by atoms with van der Waals surface area (Å²) in [7, 11) is 0. The van der Waals surface area contributed by atoms with Crippen molar-refractivity contribution in [3.8, 4) is 33.4 Å². The first-order valence-electron chi connectivity index (χ1n) is 18.3. The SMILES string of the molecule is c1ccc(-c2cccc(-c3cc4c5ccccc5c(-c5ccc6cc(N(c7ccccc7)c7ccccc7)ccc6c5)cc4c4ccccc34)c2)cc1. The van der Waals surface area contributed by atoms with Crippen molar-refractivity contribution in [2.45, 2.75) is 0 Å². The number of anilines is 3. The van der Waals surface area contributed by atoms with E-state index in [1.54, 1.807) is 0 Å². The molecule has 1 heteroatoms. The van der Waals surface area contributed by atoms with Crippen LogP contribution >= 0.6 is 0 Å². The molecular weight excluding hydrogens is 639 g/mol. The van der Waals surface area contributed by atoms with Crippen LogP contribution in [-0.4, -0.2) is 0 Å². The number of hydrogen-bond acceptors (Lipinski definition) is 1. The summed E-state index contributed by atoms with van der Waals surface area (Å²) in [4.78, 5) is 2.32. The van der Waals surface area contributed by atoms with Crippen LogP contribution in [0.2, 0.25) is 0 Å². The highest BCUT2D eigenvalue weighted by atomic mass is 15.1. The fourth-order valence-corrected chi connectivity index (χ4v) is 8.07. The molecule has 53 heavy (non-hydrogen) atoms. The average Bonchev–Trinajstić information content (AvgIpc) is 3.24. The first kappa shape index (κ1) is 30.8. The molecule has 1 nitrogen and oxygen atoms in total. The van der Waals surface area contributed by atoms with Crippen LogP contribution in [0.4, 0.5) is 17.1 Å². The van der Waals surface area contributed by atoms with E-state index >= 15 is 0 Å². The molecule has 0 amide bonds. The molecule has 0 heterocycles. The van der Waals surface area contributed by atoms with Gasteiger partial charge in [-0.05, 0) is 137 Å². The molecule has 0 saturated heterocycles. The van der Waals surface area contributed by atoms with Crippen molar-refractivity contribution in [2.24, 2.45) is 0 Å². The van der Waals surface area contributed by atoms with E-state index in [1.165, 1.54) is 76.5 Å². The number of hydrogen-bond donors (Lipinski definition) is 0. The van der Waals surface area contributed by atoms with E-state index < -0.39 is 0 Å². The second kappa shape index (κ2) is 13.0. The molecule has 0 aliphatic rings. The monoisotopic (exact) mass is 673 g/mol. The second-order valence-corrected chi connectivity index (χ2v) is 13.7. The molecule has 0 radical (unpaired) electrons. The summed E-state index contributed by atoms with van der Waals surface area (Å²) in [5.74, 6) is 0. The van der Waals surface area contributed by atoms with Gasteiger partial charge < -0.3 is 4.90 Å².